The Morgan fingerprint density at radius 3 is 2.65 bits per heavy atom. The molecular weight excluding hydrogens is 297 g/mol. The number of carbonyl (C=O) groups excluding carboxylic acids is 2. The molecule has 2 fully saturated rings. The quantitative estimate of drug-likeness (QED) is 0.888. The normalized spacial score (nSPS) is 22.0. The van der Waals surface area contributed by atoms with Crippen molar-refractivity contribution < 1.29 is 14.0 Å². The minimum Gasteiger partial charge on any atom is -0.341 e. The van der Waals surface area contributed by atoms with Crippen molar-refractivity contribution >= 4 is 11.8 Å². The molecule has 0 spiro atoms. The Morgan fingerprint density at radius 2 is 1.91 bits per heavy atom. The van der Waals surface area contributed by atoms with Crippen LogP contribution in [0.2, 0.25) is 0 Å². The summed E-state index contributed by atoms with van der Waals surface area (Å²) in [5.74, 6) is -0.312. The van der Waals surface area contributed by atoms with E-state index in [9.17, 15) is 14.0 Å². The van der Waals surface area contributed by atoms with Crippen LogP contribution in [0.4, 0.5) is 4.39 Å². The minimum absolute atomic E-state index is 0.0699. The summed E-state index contributed by atoms with van der Waals surface area (Å²) in [6, 6.07) is 5.77. The van der Waals surface area contributed by atoms with Gasteiger partial charge in [-0.25, -0.2) is 4.39 Å². The van der Waals surface area contributed by atoms with Crippen LogP contribution in [0.25, 0.3) is 0 Å². The van der Waals surface area contributed by atoms with E-state index in [2.05, 4.69) is 5.32 Å². The summed E-state index contributed by atoms with van der Waals surface area (Å²) in [6.45, 7) is 3.98. The predicted molar refractivity (Wildman–Crippen MR) is 84.5 cm³/mol. The monoisotopic (exact) mass is 319 g/mol. The van der Waals surface area contributed by atoms with Crippen molar-refractivity contribution in [1.82, 2.24) is 15.1 Å². The number of hydrogen-bond acceptors (Lipinski definition) is 3. The number of hydrogen-bond donors (Lipinski definition) is 1. The molecular formula is C17H22FN3O2. The zero-order valence-electron chi connectivity index (χ0n) is 13.1. The van der Waals surface area contributed by atoms with Gasteiger partial charge in [-0.2, -0.15) is 0 Å². The van der Waals surface area contributed by atoms with Gasteiger partial charge in [0.15, 0.2) is 0 Å². The average molecular weight is 319 g/mol. The van der Waals surface area contributed by atoms with Gasteiger partial charge in [-0.15, -0.1) is 0 Å². The highest BCUT2D eigenvalue weighted by molar-refractivity contribution is 5.94. The largest absolute Gasteiger partial charge is 0.341 e. The van der Waals surface area contributed by atoms with Gasteiger partial charge in [-0.05, 0) is 37.6 Å². The minimum atomic E-state index is -0.406. The van der Waals surface area contributed by atoms with Crippen LogP contribution in [0.5, 0.6) is 0 Å². The summed E-state index contributed by atoms with van der Waals surface area (Å²) in [5, 5.41) is 3.21. The highest BCUT2D eigenvalue weighted by atomic mass is 19.1. The SMILES string of the molecule is O=C(c1cccc(F)c1)N1CCCN(C(=O)C2CCNC2)CC1. The standard InChI is InChI=1S/C17H22FN3O2/c18-15-4-1-3-13(11-15)16(22)20-7-2-8-21(10-9-20)17(23)14-5-6-19-12-14/h1,3-4,11,14,19H,2,5-10,12H2. The third-order valence-electron chi connectivity index (χ3n) is 4.58. The Bertz CT molecular complexity index is 587. The topological polar surface area (TPSA) is 52.7 Å². The molecule has 0 radical (unpaired) electrons. The number of carbonyl (C=O) groups is 2. The van der Waals surface area contributed by atoms with Gasteiger partial charge in [-0.1, -0.05) is 6.07 Å². The van der Waals surface area contributed by atoms with Gasteiger partial charge in [0.1, 0.15) is 5.82 Å². The van der Waals surface area contributed by atoms with Crippen LogP contribution < -0.4 is 5.32 Å². The Hall–Kier alpha value is -1.95. The first-order valence-corrected chi connectivity index (χ1v) is 8.19. The Labute approximate surface area is 135 Å². The van der Waals surface area contributed by atoms with Crippen LogP contribution in [0.15, 0.2) is 24.3 Å². The number of amides is 2. The van der Waals surface area contributed by atoms with Crippen molar-refractivity contribution in [1.29, 1.82) is 0 Å². The number of rotatable bonds is 2. The van der Waals surface area contributed by atoms with E-state index in [0.29, 0.717) is 31.7 Å². The van der Waals surface area contributed by atoms with Crippen LogP contribution in [0.1, 0.15) is 23.2 Å². The van der Waals surface area contributed by atoms with Gasteiger partial charge in [0.05, 0.1) is 5.92 Å². The second-order valence-electron chi connectivity index (χ2n) is 6.17. The maximum atomic E-state index is 13.3. The number of nitrogens with zero attached hydrogens (tertiary/aromatic N) is 2. The Balaban J connectivity index is 1.61. The molecule has 0 aliphatic carbocycles. The van der Waals surface area contributed by atoms with E-state index < -0.39 is 5.82 Å². The zero-order chi connectivity index (χ0) is 16.2. The summed E-state index contributed by atoms with van der Waals surface area (Å²) >= 11 is 0. The predicted octanol–water partition coefficient (Wildman–Crippen LogP) is 1.11. The molecule has 2 aliphatic rings. The van der Waals surface area contributed by atoms with Crippen LogP contribution in [0, 0.1) is 11.7 Å². The van der Waals surface area contributed by atoms with Gasteiger partial charge < -0.3 is 15.1 Å². The fraction of sp³-hybridized carbons (Fsp3) is 0.529. The molecule has 1 aromatic rings. The van der Waals surface area contributed by atoms with E-state index in [0.717, 1.165) is 25.9 Å². The van der Waals surface area contributed by atoms with Crippen LogP contribution in [-0.4, -0.2) is 60.9 Å². The molecule has 2 aliphatic heterocycles. The van der Waals surface area contributed by atoms with Gasteiger partial charge in [0.25, 0.3) is 5.91 Å². The molecule has 3 rings (SSSR count). The first-order chi connectivity index (χ1) is 11.1. The second kappa shape index (κ2) is 7.08. The first kappa shape index (κ1) is 15.9. The van der Waals surface area contributed by atoms with E-state index in [-0.39, 0.29) is 17.7 Å². The smallest absolute Gasteiger partial charge is 0.254 e. The Kier molecular flexibility index (Phi) is 4.91. The molecule has 23 heavy (non-hydrogen) atoms. The van der Waals surface area contributed by atoms with E-state index >= 15 is 0 Å². The maximum Gasteiger partial charge on any atom is 0.254 e. The summed E-state index contributed by atoms with van der Waals surface area (Å²) < 4.78 is 13.3. The van der Waals surface area contributed by atoms with Crippen LogP contribution in [0.3, 0.4) is 0 Å². The summed E-state index contributed by atoms with van der Waals surface area (Å²) in [4.78, 5) is 28.5. The molecule has 6 heteroatoms. The highest BCUT2D eigenvalue weighted by Gasteiger charge is 2.29. The average Bonchev–Trinajstić information content (AvgIpc) is 2.98. The Morgan fingerprint density at radius 1 is 1.13 bits per heavy atom. The molecule has 2 saturated heterocycles. The number of benzene rings is 1. The van der Waals surface area contributed by atoms with E-state index in [1.807, 2.05) is 4.90 Å². The third-order valence-corrected chi connectivity index (χ3v) is 4.58. The molecule has 0 bridgehead atoms. The molecule has 0 aromatic heterocycles. The van der Waals surface area contributed by atoms with E-state index in [1.54, 1.807) is 17.0 Å². The number of halogens is 1. The summed E-state index contributed by atoms with van der Waals surface area (Å²) in [6.07, 6.45) is 1.65. The number of nitrogens with one attached hydrogen (secondary N) is 1. The second-order valence-corrected chi connectivity index (χ2v) is 6.17. The molecule has 1 aromatic carbocycles. The van der Waals surface area contributed by atoms with Crippen molar-refractivity contribution in [3.8, 4) is 0 Å². The summed E-state index contributed by atoms with van der Waals surface area (Å²) in [7, 11) is 0. The van der Waals surface area contributed by atoms with Crippen molar-refractivity contribution in [3.05, 3.63) is 35.6 Å². The molecule has 1 N–H and O–H groups in total. The van der Waals surface area contributed by atoms with Crippen LogP contribution in [-0.2, 0) is 4.79 Å². The highest BCUT2D eigenvalue weighted by Crippen LogP contribution is 2.15. The molecule has 1 atom stereocenters. The van der Waals surface area contributed by atoms with Gasteiger partial charge >= 0.3 is 0 Å². The van der Waals surface area contributed by atoms with Crippen molar-refractivity contribution in [2.45, 2.75) is 12.8 Å². The van der Waals surface area contributed by atoms with E-state index in [1.165, 1.54) is 12.1 Å². The lowest BCUT2D eigenvalue weighted by Crippen LogP contribution is -2.40. The third kappa shape index (κ3) is 3.69. The van der Waals surface area contributed by atoms with E-state index in [4.69, 9.17) is 0 Å². The molecule has 2 heterocycles. The molecule has 0 saturated carbocycles. The van der Waals surface area contributed by atoms with Gasteiger partial charge in [-0.3, -0.25) is 9.59 Å². The molecule has 124 valence electrons. The summed E-state index contributed by atoms with van der Waals surface area (Å²) in [5.41, 5.74) is 0.366. The molecule has 2 amide bonds. The molecule has 5 nitrogen and oxygen atoms in total. The first-order valence-electron chi connectivity index (χ1n) is 8.19. The molecule has 1 unspecified atom stereocenters. The lowest BCUT2D eigenvalue weighted by atomic mass is 10.1. The van der Waals surface area contributed by atoms with Crippen LogP contribution >= 0.6 is 0 Å². The fourth-order valence-electron chi connectivity index (χ4n) is 3.27. The zero-order valence-corrected chi connectivity index (χ0v) is 13.1. The van der Waals surface area contributed by atoms with Gasteiger partial charge in [0, 0.05) is 38.3 Å². The lowest BCUT2D eigenvalue weighted by molar-refractivity contribution is -0.134. The maximum absolute atomic E-state index is 13.3. The van der Waals surface area contributed by atoms with Crippen molar-refractivity contribution in [3.63, 3.8) is 0 Å². The van der Waals surface area contributed by atoms with Crippen molar-refractivity contribution in [2.24, 2.45) is 5.92 Å². The fourth-order valence-corrected chi connectivity index (χ4v) is 3.27. The van der Waals surface area contributed by atoms with Gasteiger partial charge in [0.2, 0.25) is 5.91 Å². The van der Waals surface area contributed by atoms with Crippen molar-refractivity contribution in [2.75, 3.05) is 39.3 Å². The lowest BCUT2D eigenvalue weighted by Gasteiger charge is -2.24.